The van der Waals surface area contributed by atoms with Gasteiger partial charge in [0, 0.05) is 16.7 Å². The number of benzene rings is 2. The van der Waals surface area contributed by atoms with Gasteiger partial charge in [0.2, 0.25) is 5.82 Å². The summed E-state index contributed by atoms with van der Waals surface area (Å²) in [5.41, 5.74) is 0.0916. The molecule has 164 valence electrons. The van der Waals surface area contributed by atoms with E-state index in [9.17, 15) is 22.2 Å². The summed E-state index contributed by atoms with van der Waals surface area (Å²) < 4.78 is 69.2. The van der Waals surface area contributed by atoms with Crippen molar-refractivity contribution in [2.45, 2.75) is 11.1 Å². The van der Waals surface area contributed by atoms with Crippen LogP contribution in [0.5, 0.6) is 11.5 Å². The first-order valence-electron chi connectivity index (χ1n) is 8.55. The van der Waals surface area contributed by atoms with E-state index < -0.39 is 27.7 Å². The number of aromatic nitrogens is 2. The van der Waals surface area contributed by atoms with Crippen LogP contribution >= 0.6 is 0 Å². The van der Waals surface area contributed by atoms with Gasteiger partial charge in [-0.3, -0.25) is 4.79 Å². The Bertz CT molecular complexity index is 1230. The van der Waals surface area contributed by atoms with Crippen LogP contribution in [-0.2, 0) is 15.9 Å². The second-order valence-electron chi connectivity index (χ2n) is 6.21. The van der Waals surface area contributed by atoms with Crippen LogP contribution in [0.15, 0.2) is 56.2 Å². The van der Waals surface area contributed by atoms with Gasteiger partial charge in [0.05, 0.1) is 29.5 Å². The molecule has 0 aliphatic heterocycles. The minimum Gasteiger partial charge on any atom is -0.497 e. The third kappa shape index (κ3) is 4.85. The van der Waals surface area contributed by atoms with Gasteiger partial charge >= 0.3 is 12.1 Å². The first-order chi connectivity index (χ1) is 14.5. The number of hydrogen-bond acceptors (Lipinski definition) is 7. The molecule has 12 heteroatoms. The topological polar surface area (TPSA) is 104 Å². The minimum atomic E-state index is -4.80. The molecule has 1 heterocycles. The number of ether oxygens (including phenoxy) is 2. The lowest BCUT2D eigenvalue weighted by Crippen LogP contribution is -2.05. The lowest BCUT2D eigenvalue weighted by atomic mass is 10.1. The van der Waals surface area contributed by atoms with Crippen LogP contribution in [0.25, 0.3) is 11.4 Å². The van der Waals surface area contributed by atoms with Crippen LogP contribution < -0.4 is 9.47 Å². The number of carbonyl (C=O) groups excluding carboxylic acids is 1. The van der Waals surface area contributed by atoms with Crippen molar-refractivity contribution in [1.82, 2.24) is 10.1 Å². The largest absolute Gasteiger partial charge is 0.497 e. The maximum atomic E-state index is 12.9. The predicted octanol–water partition coefficient (Wildman–Crippen LogP) is 4.07. The molecule has 0 radical (unpaired) electrons. The maximum Gasteiger partial charge on any atom is 0.471 e. The molecule has 0 fully saturated rings. The molecule has 2 aromatic carbocycles. The molecule has 0 aliphatic carbocycles. The van der Waals surface area contributed by atoms with E-state index >= 15 is 0 Å². The second-order valence-corrected chi connectivity index (χ2v) is 8.47. The molecular formula is C19H16F3N3O5S. The highest BCUT2D eigenvalue weighted by molar-refractivity contribution is 7.93. The highest BCUT2D eigenvalue weighted by atomic mass is 32.2. The summed E-state index contributed by atoms with van der Waals surface area (Å²) >= 11 is 0. The fraction of sp³-hybridized carbons (Fsp3) is 0.211. The summed E-state index contributed by atoms with van der Waals surface area (Å²) in [6, 6.07) is 10.1. The van der Waals surface area contributed by atoms with E-state index in [2.05, 4.69) is 19.0 Å². The molecule has 8 nitrogen and oxygen atoms in total. The van der Waals surface area contributed by atoms with Crippen LogP contribution in [0.2, 0.25) is 0 Å². The molecule has 0 N–H and O–H groups in total. The van der Waals surface area contributed by atoms with Gasteiger partial charge in [-0.05, 0) is 42.5 Å². The van der Waals surface area contributed by atoms with Gasteiger partial charge in [0.15, 0.2) is 0 Å². The average molecular weight is 455 g/mol. The van der Waals surface area contributed by atoms with E-state index in [1.54, 1.807) is 12.1 Å². The molecule has 1 amide bonds. The molecule has 0 aliphatic rings. The van der Waals surface area contributed by atoms with Crippen LogP contribution in [0.3, 0.4) is 0 Å². The van der Waals surface area contributed by atoms with E-state index in [0.717, 1.165) is 0 Å². The second kappa shape index (κ2) is 8.38. The summed E-state index contributed by atoms with van der Waals surface area (Å²) in [6.07, 6.45) is -3.48. The van der Waals surface area contributed by atoms with E-state index in [4.69, 9.17) is 9.47 Å². The zero-order valence-electron chi connectivity index (χ0n) is 16.5. The molecule has 3 rings (SSSR count). The first-order valence-corrected chi connectivity index (χ1v) is 10.5. The molecule has 0 saturated heterocycles. The van der Waals surface area contributed by atoms with Gasteiger partial charge in [-0.1, -0.05) is 5.16 Å². The molecule has 0 bridgehead atoms. The van der Waals surface area contributed by atoms with Crippen molar-refractivity contribution >= 4 is 15.6 Å². The summed E-state index contributed by atoms with van der Waals surface area (Å²) in [4.78, 5) is 16.2. The Labute approximate surface area is 175 Å². The van der Waals surface area contributed by atoms with Gasteiger partial charge in [-0.2, -0.15) is 22.5 Å². The van der Waals surface area contributed by atoms with Crippen LogP contribution in [0, 0.1) is 0 Å². The number of methoxy groups -OCH3 is 2. The van der Waals surface area contributed by atoms with Crippen LogP contribution in [0.4, 0.5) is 13.2 Å². The lowest BCUT2D eigenvalue weighted by Gasteiger charge is -2.08. The Morgan fingerprint density at radius 3 is 2.32 bits per heavy atom. The number of hydrogen-bond donors (Lipinski definition) is 0. The predicted molar refractivity (Wildman–Crippen MR) is 103 cm³/mol. The minimum absolute atomic E-state index is 0.0163. The highest BCUT2D eigenvalue weighted by Gasteiger charge is 2.38. The van der Waals surface area contributed by atoms with Crippen molar-refractivity contribution in [3.8, 4) is 22.9 Å². The zero-order valence-corrected chi connectivity index (χ0v) is 17.3. The van der Waals surface area contributed by atoms with Gasteiger partial charge < -0.3 is 14.0 Å². The van der Waals surface area contributed by atoms with E-state index in [0.29, 0.717) is 10.6 Å². The van der Waals surface area contributed by atoms with Gasteiger partial charge in [0.1, 0.15) is 11.5 Å². The number of rotatable bonds is 5. The van der Waals surface area contributed by atoms with Crippen molar-refractivity contribution in [1.29, 1.82) is 0 Å². The Balaban J connectivity index is 1.94. The lowest BCUT2D eigenvalue weighted by molar-refractivity contribution is -0.159. The fourth-order valence-corrected chi connectivity index (χ4v) is 3.72. The number of halogens is 3. The first kappa shape index (κ1) is 22.3. The number of amides is 1. The number of carbonyl (C=O) groups is 1. The molecular weight excluding hydrogens is 439 g/mol. The Morgan fingerprint density at radius 1 is 1.10 bits per heavy atom. The van der Waals surface area contributed by atoms with Gasteiger partial charge in [0.25, 0.3) is 5.91 Å². The molecule has 1 unspecified atom stereocenters. The summed E-state index contributed by atoms with van der Waals surface area (Å²) in [6.45, 7) is 0. The van der Waals surface area contributed by atoms with E-state index in [-0.39, 0.29) is 22.7 Å². The van der Waals surface area contributed by atoms with E-state index in [1.165, 1.54) is 50.8 Å². The maximum absolute atomic E-state index is 12.9. The van der Waals surface area contributed by atoms with Crippen LogP contribution in [-0.4, -0.2) is 40.7 Å². The average Bonchev–Trinajstić information content (AvgIpc) is 3.23. The van der Waals surface area contributed by atoms with Crippen molar-refractivity contribution in [3.63, 3.8) is 0 Å². The highest BCUT2D eigenvalue weighted by Crippen LogP contribution is 2.33. The fourth-order valence-electron chi connectivity index (χ4n) is 2.55. The third-order valence-corrected chi connectivity index (χ3v) is 5.77. The van der Waals surface area contributed by atoms with Crippen molar-refractivity contribution in [2.75, 3.05) is 20.5 Å². The van der Waals surface area contributed by atoms with Crippen molar-refractivity contribution < 1.29 is 36.2 Å². The molecule has 0 saturated carbocycles. The number of nitrogens with zero attached hydrogens (tertiary/aromatic N) is 3. The standard InChI is InChI=1S/C19H16F3N3O5S/c1-28-12-5-7-13(8-6-12)31(3,27)25-17(26)11-4-9-14(15(10-11)29-2)16-23-18(30-24-16)19(20,21)22/h4-10H,1-3H3. The SMILES string of the molecule is COc1ccc(S(C)(=O)=NC(=O)c2ccc(-c3noc(C(F)(F)F)n3)c(OC)c2)cc1. The summed E-state index contributed by atoms with van der Waals surface area (Å²) in [7, 11) is -0.316. The monoisotopic (exact) mass is 455 g/mol. The Hall–Kier alpha value is -3.41. The smallest absolute Gasteiger partial charge is 0.471 e. The normalized spacial score (nSPS) is 13.4. The summed E-state index contributed by atoms with van der Waals surface area (Å²) in [5.74, 6) is -2.09. The Kier molecular flexibility index (Phi) is 6.02. The van der Waals surface area contributed by atoms with Gasteiger partial charge in [-0.15, -0.1) is 0 Å². The summed E-state index contributed by atoms with van der Waals surface area (Å²) in [5, 5.41) is 3.30. The van der Waals surface area contributed by atoms with Crippen molar-refractivity contribution in [2.24, 2.45) is 4.36 Å². The Morgan fingerprint density at radius 2 is 1.77 bits per heavy atom. The quantitative estimate of drug-likeness (QED) is 0.571. The molecule has 1 aromatic heterocycles. The third-order valence-electron chi connectivity index (χ3n) is 4.11. The van der Waals surface area contributed by atoms with Gasteiger partial charge in [-0.25, -0.2) is 4.21 Å². The zero-order chi connectivity index (χ0) is 22.8. The number of alkyl halides is 3. The molecule has 0 spiro atoms. The molecule has 31 heavy (non-hydrogen) atoms. The van der Waals surface area contributed by atoms with Crippen molar-refractivity contribution in [3.05, 3.63) is 53.9 Å². The molecule has 1 atom stereocenters. The van der Waals surface area contributed by atoms with E-state index in [1.807, 2.05) is 0 Å². The van der Waals surface area contributed by atoms with Crippen LogP contribution in [0.1, 0.15) is 16.2 Å². The molecule has 3 aromatic rings.